The maximum Gasteiger partial charge on any atom is 0.416 e. The second-order valence-corrected chi connectivity index (χ2v) is 7.29. The molecule has 1 saturated heterocycles. The standard InChI is InChI=1S/C19H15F3N2O2S/c20-19(21,22)13-5-3-4-12(10-13)15-7-6-14(26-15)11-16-17(25)23-18(27-16)24-8-1-2-9-24/h3-7,10-11H,1-2,8-9H2/b16-11-. The van der Waals surface area contributed by atoms with Crippen LogP contribution < -0.4 is 0 Å². The van der Waals surface area contributed by atoms with Crippen molar-refractivity contribution in [1.29, 1.82) is 0 Å². The average Bonchev–Trinajstić information content (AvgIpc) is 3.37. The molecule has 1 fully saturated rings. The van der Waals surface area contributed by atoms with Crippen molar-refractivity contribution >= 4 is 28.9 Å². The number of benzene rings is 1. The molecule has 8 heteroatoms. The fourth-order valence-corrected chi connectivity index (χ4v) is 3.95. The molecular weight excluding hydrogens is 377 g/mol. The van der Waals surface area contributed by atoms with E-state index in [1.54, 1.807) is 24.3 Å². The van der Waals surface area contributed by atoms with Gasteiger partial charge in [0.15, 0.2) is 5.17 Å². The van der Waals surface area contributed by atoms with E-state index in [-0.39, 0.29) is 5.91 Å². The second kappa shape index (κ2) is 6.92. The van der Waals surface area contributed by atoms with Gasteiger partial charge in [-0.25, -0.2) is 0 Å². The summed E-state index contributed by atoms with van der Waals surface area (Å²) in [4.78, 5) is 18.7. The van der Waals surface area contributed by atoms with Gasteiger partial charge in [0, 0.05) is 24.7 Å². The molecule has 0 bridgehead atoms. The molecule has 0 saturated carbocycles. The number of aliphatic imine (C=N–C) groups is 1. The first kappa shape index (κ1) is 17.9. The number of rotatable bonds is 2. The van der Waals surface area contributed by atoms with Crippen LogP contribution in [-0.2, 0) is 11.0 Å². The SMILES string of the molecule is O=C1N=C(N2CCCC2)S/C1=C\c1ccc(-c2cccc(C(F)(F)F)c2)o1. The molecular formula is C19H15F3N2O2S. The van der Waals surface area contributed by atoms with Crippen molar-refractivity contribution in [2.75, 3.05) is 13.1 Å². The molecule has 0 spiro atoms. The summed E-state index contributed by atoms with van der Waals surface area (Å²) in [6.07, 6.45) is -0.656. The smallest absolute Gasteiger partial charge is 0.416 e. The van der Waals surface area contributed by atoms with E-state index in [1.807, 2.05) is 0 Å². The van der Waals surface area contributed by atoms with E-state index in [1.165, 1.54) is 17.8 Å². The van der Waals surface area contributed by atoms with Crippen molar-refractivity contribution in [3.63, 3.8) is 0 Å². The van der Waals surface area contributed by atoms with Crippen molar-refractivity contribution in [3.05, 3.63) is 52.6 Å². The van der Waals surface area contributed by atoms with Crippen LogP contribution in [0.5, 0.6) is 0 Å². The number of amides is 1. The van der Waals surface area contributed by atoms with E-state index >= 15 is 0 Å². The van der Waals surface area contributed by atoms with Crippen LogP contribution in [0.3, 0.4) is 0 Å². The Labute approximate surface area is 157 Å². The van der Waals surface area contributed by atoms with Gasteiger partial charge < -0.3 is 9.32 Å². The van der Waals surface area contributed by atoms with Gasteiger partial charge >= 0.3 is 6.18 Å². The monoisotopic (exact) mass is 392 g/mol. The first-order chi connectivity index (χ1) is 12.9. The van der Waals surface area contributed by atoms with Crippen LogP contribution in [0.25, 0.3) is 17.4 Å². The topological polar surface area (TPSA) is 45.8 Å². The summed E-state index contributed by atoms with van der Waals surface area (Å²) in [5.74, 6) is 0.388. The third-order valence-electron chi connectivity index (χ3n) is 4.36. The Morgan fingerprint density at radius 2 is 1.93 bits per heavy atom. The van der Waals surface area contributed by atoms with Crippen molar-refractivity contribution in [1.82, 2.24) is 4.90 Å². The number of thioether (sulfide) groups is 1. The molecule has 4 nitrogen and oxygen atoms in total. The zero-order valence-corrected chi connectivity index (χ0v) is 14.9. The highest BCUT2D eigenvalue weighted by Gasteiger charge is 2.31. The molecule has 2 aromatic rings. The molecule has 3 heterocycles. The van der Waals surface area contributed by atoms with Crippen molar-refractivity contribution in [2.24, 2.45) is 4.99 Å². The molecule has 2 aliphatic heterocycles. The largest absolute Gasteiger partial charge is 0.457 e. The Kier molecular flexibility index (Phi) is 4.59. The Morgan fingerprint density at radius 3 is 2.67 bits per heavy atom. The van der Waals surface area contributed by atoms with Crippen LogP contribution in [0.4, 0.5) is 13.2 Å². The molecule has 1 amide bonds. The highest BCUT2D eigenvalue weighted by Crippen LogP contribution is 2.34. The van der Waals surface area contributed by atoms with Gasteiger partial charge in [-0.15, -0.1) is 0 Å². The molecule has 27 heavy (non-hydrogen) atoms. The van der Waals surface area contributed by atoms with Gasteiger partial charge in [-0.3, -0.25) is 4.79 Å². The van der Waals surface area contributed by atoms with Gasteiger partial charge in [-0.05, 0) is 48.9 Å². The van der Waals surface area contributed by atoms with E-state index in [2.05, 4.69) is 9.89 Å². The van der Waals surface area contributed by atoms with E-state index in [0.29, 0.717) is 27.2 Å². The minimum Gasteiger partial charge on any atom is -0.457 e. The molecule has 1 aromatic carbocycles. The minimum absolute atomic E-state index is 0.309. The molecule has 0 N–H and O–H groups in total. The molecule has 1 aromatic heterocycles. The van der Waals surface area contributed by atoms with Crippen molar-refractivity contribution in [3.8, 4) is 11.3 Å². The zero-order valence-electron chi connectivity index (χ0n) is 14.1. The Balaban J connectivity index is 1.54. The number of hydrogen-bond acceptors (Lipinski definition) is 4. The number of furan rings is 1. The van der Waals surface area contributed by atoms with E-state index < -0.39 is 11.7 Å². The molecule has 0 radical (unpaired) electrons. The Morgan fingerprint density at radius 1 is 1.15 bits per heavy atom. The highest BCUT2D eigenvalue weighted by atomic mass is 32.2. The van der Waals surface area contributed by atoms with Gasteiger partial charge in [0.2, 0.25) is 0 Å². The first-order valence-electron chi connectivity index (χ1n) is 8.45. The number of nitrogens with zero attached hydrogens (tertiary/aromatic N) is 2. The fraction of sp³-hybridized carbons (Fsp3) is 0.263. The first-order valence-corrected chi connectivity index (χ1v) is 9.27. The highest BCUT2D eigenvalue weighted by molar-refractivity contribution is 8.18. The summed E-state index contributed by atoms with van der Waals surface area (Å²) in [5.41, 5.74) is -0.407. The number of carbonyl (C=O) groups is 1. The van der Waals surface area contributed by atoms with Crippen LogP contribution >= 0.6 is 11.8 Å². The quantitative estimate of drug-likeness (QED) is 0.673. The van der Waals surface area contributed by atoms with Gasteiger partial charge in [-0.1, -0.05) is 12.1 Å². The molecule has 4 rings (SSSR count). The van der Waals surface area contributed by atoms with Gasteiger partial charge in [0.25, 0.3) is 5.91 Å². The van der Waals surface area contributed by atoms with Gasteiger partial charge in [0.05, 0.1) is 10.5 Å². The van der Waals surface area contributed by atoms with Crippen LogP contribution in [0.2, 0.25) is 0 Å². The number of carbonyl (C=O) groups excluding carboxylic acids is 1. The second-order valence-electron chi connectivity index (χ2n) is 6.28. The summed E-state index contributed by atoms with van der Waals surface area (Å²) >= 11 is 1.30. The number of hydrogen-bond donors (Lipinski definition) is 0. The lowest BCUT2D eigenvalue weighted by molar-refractivity contribution is -0.137. The lowest BCUT2D eigenvalue weighted by Crippen LogP contribution is -2.23. The zero-order chi connectivity index (χ0) is 19.0. The van der Waals surface area contributed by atoms with Gasteiger partial charge in [-0.2, -0.15) is 18.2 Å². The van der Waals surface area contributed by atoms with Crippen molar-refractivity contribution in [2.45, 2.75) is 19.0 Å². The number of alkyl halides is 3. The van der Waals surface area contributed by atoms with E-state index in [0.717, 1.165) is 38.1 Å². The number of amidine groups is 1. The Bertz CT molecular complexity index is 940. The molecule has 0 aliphatic carbocycles. The Hall–Kier alpha value is -2.48. The predicted molar refractivity (Wildman–Crippen MR) is 98.0 cm³/mol. The fourth-order valence-electron chi connectivity index (χ4n) is 3.01. The van der Waals surface area contributed by atoms with Crippen LogP contribution in [0.1, 0.15) is 24.2 Å². The third kappa shape index (κ3) is 3.80. The maximum atomic E-state index is 12.9. The van der Waals surface area contributed by atoms with E-state index in [9.17, 15) is 18.0 Å². The average molecular weight is 392 g/mol. The van der Waals surface area contributed by atoms with Crippen LogP contribution in [0.15, 0.2) is 50.7 Å². The number of halogens is 3. The van der Waals surface area contributed by atoms with Gasteiger partial charge in [0.1, 0.15) is 11.5 Å². The summed E-state index contributed by atoms with van der Waals surface area (Å²) in [5, 5.41) is 0.702. The molecule has 140 valence electrons. The third-order valence-corrected chi connectivity index (χ3v) is 5.40. The molecule has 0 atom stereocenters. The summed E-state index contributed by atoms with van der Waals surface area (Å²) < 4.78 is 44.2. The maximum absolute atomic E-state index is 12.9. The predicted octanol–water partition coefficient (Wildman–Crippen LogP) is 5.03. The van der Waals surface area contributed by atoms with Crippen LogP contribution in [-0.4, -0.2) is 29.1 Å². The minimum atomic E-state index is -4.41. The molecule has 2 aliphatic rings. The summed E-state index contributed by atoms with van der Waals surface area (Å²) in [7, 11) is 0. The van der Waals surface area contributed by atoms with E-state index in [4.69, 9.17) is 4.42 Å². The normalized spacial score (nSPS) is 19.2. The summed E-state index contributed by atoms with van der Waals surface area (Å²) in [6, 6.07) is 8.17. The van der Waals surface area contributed by atoms with Crippen molar-refractivity contribution < 1.29 is 22.4 Å². The molecule has 0 unspecified atom stereocenters. The number of likely N-dealkylation sites (tertiary alicyclic amines) is 1. The lowest BCUT2D eigenvalue weighted by Gasteiger charge is -2.14. The summed E-state index contributed by atoms with van der Waals surface area (Å²) in [6.45, 7) is 1.79. The van der Waals surface area contributed by atoms with Crippen LogP contribution in [0, 0.1) is 0 Å². The lowest BCUT2D eigenvalue weighted by atomic mass is 10.1.